The van der Waals surface area contributed by atoms with Crippen molar-refractivity contribution in [3.8, 4) is 0 Å². The van der Waals surface area contributed by atoms with Crippen LogP contribution in [0.2, 0.25) is 0 Å². The Hall–Kier alpha value is -1.84. The zero-order valence-electron chi connectivity index (χ0n) is 12.4. The summed E-state index contributed by atoms with van der Waals surface area (Å²) in [7, 11) is 1.81. The van der Waals surface area contributed by atoms with Crippen molar-refractivity contribution in [2.75, 3.05) is 17.3 Å². The first-order valence-corrected chi connectivity index (χ1v) is 7.06. The molecule has 0 aromatic heterocycles. The number of anilines is 2. The zero-order valence-corrected chi connectivity index (χ0v) is 12.4. The van der Waals surface area contributed by atoms with Gasteiger partial charge in [-0.05, 0) is 56.9 Å². The van der Waals surface area contributed by atoms with E-state index in [0.717, 1.165) is 35.3 Å². The van der Waals surface area contributed by atoms with Gasteiger partial charge in [-0.1, -0.05) is 0 Å². The first-order chi connectivity index (χ1) is 9.32. The van der Waals surface area contributed by atoms with Crippen LogP contribution in [0.1, 0.15) is 37.8 Å². The Labute approximate surface area is 119 Å². The summed E-state index contributed by atoms with van der Waals surface area (Å²) >= 11 is 0. The summed E-state index contributed by atoms with van der Waals surface area (Å²) in [5.41, 5.74) is 3.26. The minimum absolute atomic E-state index is 0.0971. The molecule has 1 heterocycles. The van der Waals surface area contributed by atoms with Gasteiger partial charge in [-0.25, -0.2) is 0 Å². The second-order valence-corrected chi connectivity index (χ2v) is 6.44. The SMILES string of the molecule is Cc1cc(NC(=O)C2CC2)cc2c1N(C)C(=O)C2(C)C. The minimum Gasteiger partial charge on any atom is -0.326 e. The van der Waals surface area contributed by atoms with E-state index in [0.29, 0.717) is 0 Å². The standard InChI is InChI=1S/C16H20N2O2/c1-9-7-11(17-14(19)10-5-6-10)8-12-13(9)18(4)15(20)16(12,2)3/h7-8,10H,5-6H2,1-4H3,(H,17,19). The molecule has 0 spiro atoms. The van der Waals surface area contributed by atoms with Gasteiger partial charge in [-0.15, -0.1) is 0 Å². The Morgan fingerprint density at radius 1 is 1.35 bits per heavy atom. The van der Waals surface area contributed by atoms with Gasteiger partial charge in [0.2, 0.25) is 11.8 Å². The molecule has 4 nitrogen and oxygen atoms in total. The molecule has 2 aliphatic rings. The third-order valence-electron chi connectivity index (χ3n) is 4.36. The second kappa shape index (κ2) is 4.08. The van der Waals surface area contributed by atoms with Crippen LogP contribution in [0.3, 0.4) is 0 Å². The molecule has 1 aliphatic carbocycles. The van der Waals surface area contributed by atoms with E-state index >= 15 is 0 Å². The number of amides is 2. The highest BCUT2D eigenvalue weighted by Gasteiger charge is 2.43. The Morgan fingerprint density at radius 2 is 2.00 bits per heavy atom. The van der Waals surface area contributed by atoms with E-state index in [9.17, 15) is 9.59 Å². The summed E-state index contributed by atoms with van der Waals surface area (Å²) in [6, 6.07) is 3.90. The van der Waals surface area contributed by atoms with Crippen LogP contribution >= 0.6 is 0 Å². The number of carbonyl (C=O) groups excluding carboxylic acids is 2. The normalized spacial score (nSPS) is 20.0. The van der Waals surface area contributed by atoms with Gasteiger partial charge in [0.1, 0.15) is 0 Å². The smallest absolute Gasteiger partial charge is 0.236 e. The van der Waals surface area contributed by atoms with Gasteiger partial charge in [0.05, 0.1) is 11.1 Å². The quantitative estimate of drug-likeness (QED) is 0.899. The molecule has 1 aromatic rings. The molecular weight excluding hydrogens is 252 g/mol. The topological polar surface area (TPSA) is 49.4 Å². The molecule has 4 heteroatoms. The summed E-state index contributed by atoms with van der Waals surface area (Å²) in [5, 5.41) is 2.97. The molecule has 1 aromatic carbocycles. The van der Waals surface area contributed by atoms with Crippen molar-refractivity contribution < 1.29 is 9.59 Å². The molecule has 1 N–H and O–H groups in total. The summed E-state index contributed by atoms with van der Waals surface area (Å²) in [5.74, 6) is 0.377. The molecule has 1 saturated carbocycles. The van der Waals surface area contributed by atoms with E-state index in [2.05, 4.69) is 5.32 Å². The number of rotatable bonds is 2. The van der Waals surface area contributed by atoms with Crippen LogP contribution in [-0.2, 0) is 15.0 Å². The molecule has 3 rings (SSSR count). The van der Waals surface area contributed by atoms with Gasteiger partial charge in [-0.2, -0.15) is 0 Å². The first-order valence-electron chi connectivity index (χ1n) is 7.06. The fourth-order valence-electron chi connectivity index (χ4n) is 3.00. The summed E-state index contributed by atoms with van der Waals surface area (Å²) in [6.07, 6.45) is 1.98. The predicted octanol–water partition coefficient (Wildman–Crippen LogP) is 2.60. The number of fused-ring (bicyclic) bond motifs is 1. The molecule has 1 fully saturated rings. The highest BCUT2D eigenvalue weighted by atomic mass is 16.2. The zero-order chi connectivity index (χ0) is 14.7. The Balaban J connectivity index is 2.01. The number of carbonyl (C=O) groups is 2. The third kappa shape index (κ3) is 1.82. The maximum atomic E-state index is 12.3. The molecular formula is C16H20N2O2. The molecule has 0 bridgehead atoms. The van der Waals surface area contributed by atoms with Gasteiger partial charge in [-0.3, -0.25) is 9.59 Å². The Kier molecular flexibility index (Phi) is 2.68. The van der Waals surface area contributed by atoms with Crippen LogP contribution in [0.25, 0.3) is 0 Å². The summed E-state index contributed by atoms with van der Waals surface area (Å²) in [4.78, 5) is 25.9. The second-order valence-electron chi connectivity index (χ2n) is 6.44. The molecule has 106 valence electrons. The van der Waals surface area contributed by atoms with Crippen molar-refractivity contribution in [1.29, 1.82) is 0 Å². The lowest BCUT2D eigenvalue weighted by Crippen LogP contribution is -2.33. The Bertz CT molecular complexity index is 615. The number of hydrogen-bond donors (Lipinski definition) is 1. The monoisotopic (exact) mass is 272 g/mol. The van der Waals surface area contributed by atoms with E-state index in [4.69, 9.17) is 0 Å². The fraction of sp³-hybridized carbons (Fsp3) is 0.500. The molecule has 0 unspecified atom stereocenters. The largest absolute Gasteiger partial charge is 0.326 e. The minimum atomic E-state index is -0.533. The molecule has 0 atom stereocenters. The lowest BCUT2D eigenvalue weighted by atomic mass is 9.85. The van der Waals surface area contributed by atoms with Crippen molar-refractivity contribution in [2.45, 2.75) is 39.0 Å². The van der Waals surface area contributed by atoms with E-state index in [1.54, 1.807) is 4.90 Å². The van der Waals surface area contributed by atoms with E-state index in [-0.39, 0.29) is 17.7 Å². The summed E-state index contributed by atoms with van der Waals surface area (Å²) in [6.45, 7) is 5.85. The van der Waals surface area contributed by atoms with E-state index in [1.807, 2.05) is 40.0 Å². The van der Waals surface area contributed by atoms with E-state index < -0.39 is 5.41 Å². The average molecular weight is 272 g/mol. The number of hydrogen-bond acceptors (Lipinski definition) is 2. The van der Waals surface area contributed by atoms with Gasteiger partial charge in [0.15, 0.2) is 0 Å². The van der Waals surface area contributed by atoms with Crippen LogP contribution < -0.4 is 10.2 Å². The maximum Gasteiger partial charge on any atom is 0.236 e. The number of likely N-dealkylation sites (N-methyl/N-ethyl adjacent to an activating group) is 1. The van der Waals surface area contributed by atoms with Crippen molar-refractivity contribution in [2.24, 2.45) is 5.92 Å². The van der Waals surface area contributed by atoms with Crippen molar-refractivity contribution in [3.05, 3.63) is 23.3 Å². The number of aryl methyl sites for hydroxylation is 1. The van der Waals surface area contributed by atoms with Gasteiger partial charge < -0.3 is 10.2 Å². The van der Waals surface area contributed by atoms with Crippen molar-refractivity contribution in [1.82, 2.24) is 0 Å². The van der Waals surface area contributed by atoms with E-state index in [1.165, 1.54) is 0 Å². The average Bonchev–Trinajstić information content (AvgIpc) is 3.17. The van der Waals surface area contributed by atoms with Crippen molar-refractivity contribution in [3.63, 3.8) is 0 Å². The molecule has 1 aliphatic heterocycles. The highest BCUT2D eigenvalue weighted by Crippen LogP contribution is 2.44. The first kappa shape index (κ1) is 13.2. The third-order valence-corrected chi connectivity index (χ3v) is 4.36. The van der Waals surface area contributed by atoms with Crippen molar-refractivity contribution >= 4 is 23.2 Å². The lowest BCUT2D eigenvalue weighted by Gasteiger charge is -2.17. The van der Waals surface area contributed by atoms with Gasteiger partial charge in [0, 0.05) is 18.7 Å². The van der Waals surface area contributed by atoms with Crippen LogP contribution in [0.15, 0.2) is 12.1 Å². The molecule has 0 radical (unpaired) electrons. The maximum absolute atomic E-state index is 12.3. The summed E-state index contributed by atoms with van der Waals surface area (Å²) < 4.78 is 0. The van der Waals surface area contributed by atoms with Crippen LogP contribution in [0, 0.1) is 12.8 Å². The molecule has 2 amide bonds. The predicted molar refractivity (Wildman–Crippen MR) is 79.0 cm³/mol. The number of nitrogens with zero attached hydrogens (tertiary/aromatic N) is 1. The van der Waals surface area contributed by atoms with Crippen LogP contribution in [0.4, 0.5) is 11.4 Å². The molecule has 20 heavy (non-hydrogen) atoms. The van der Waals surface area contributed by atoms with Crippen LogP contribution in [-0.4, -0.2) is 18.9 Å². The van der Waals surface area contributed by atoms with Crippen LogP contribution in [0.5, 0.6) is 0 Å². The lowest BCUT2D eigenvalue weighted by molar-refractivity contribution is -0.121. The number of nitrogens with one attached hydrogen (secondary N) is 1. The van der Waals surface area contributed by atoms with Gasteiger partial charge >= 0.3 is 0 Å². The highest BCUT2D eigenvalue weighted by molar-refractivity contribution is 6.08. The molecule has 0 saturated heterocycles. The van der Waals surface area contributed by atoms with Gasteiger partial charge in [0.25, 0.3) is 0 Å². The Morgan fingerprint density at radius 3 is 2.60 bits per heavy atom. The fourth-order valence-corrected chi connectivity index (χ4v) is 3.00. The number of benzene rings is 1.